The first-order chi connectivity index (χ1) is 9.46. The number of carbonyl (C=O) groups is 2. The minimum Gasteiger partial charge on any atom is -0.362 e. The summed E-state index contributed by atoms with van der Waals surface area (Å²) in [4.78, 5) is 36.5. The third-order valence-electron chi connectivity index (χ3n) is 3.17. The average molecular weight is 280 g/mol. The molecule has 1 aliphatic rings. The van der Waals surface area contributed by atoms with Crippen molar-refractivity contribution in [1.29, 1.82) is 0 Å². The second kappa shape index (κ2) is 5.41. The Morgan fingerprint density at radius 1 is 1.50 bits per heavy atom. The first kappa shape index (κ1) is 14.2. The maximum absolute atomic E-state index is 12.3. The minimum absolute atomic E-state index is 0.130. The SMILES string of the molecule is CNC(=O)C1(C)CN(C(=O)c2ccc(=O)[nH]n2)CCO1. The molecule has 1 atom stereocenters. The van der Waals surface area contributed by atoms with Gasteiger partial charge in [0.25, 0.3) is 17.4 Å². The molecule has 1 aliphatic heterocycles. The summed E-state index contributed by atoms with van der Waals surface area (Å²) >= 11 is 0. The van der Waals surface area contributed by atoms with Crippen LogP contribution in [-0.2, 0) is 9.53 Å². The molecule has 0 saturated carbocycles. The van der Waals surface area contributed by atoms with Crippen molar-refractivity contribution < 1.29 is 14.3 Å². The van der Waals surface area contributed by atoms with Gasteiger partial charge in [0.05, 0.1) is 13.2 Å². The zero-order valence-corrected chi connectivity index (χ0v) is 11.3. The summed E-state index contributed by atoms with van der Waals surface area (Å²) in [6, 6.07) is 2.59. The van der Waals surface area contributed by atoms with Gasteiger partial charge in [-0.15, -0.1) is 0 Å². The Balaban J connectivity index is 2.16. The van der Waals surface area contributed by atoms with Crippen molar-refractivity contribution in [3.63, 3.8) is 0 Å². The first-order valence-electron chi connectivity index (χ1n) is 6.17. The zero-order valence-electron chi connectivity index (χ0n) is 11.3. The lowest BCUT2D eigenvalue weighted by molar-refractivity contribution is -0.153. The number of hydrogen-bond acceptors (Lipinski definition) is 5. The molecule has 2 N–H and O–H groups in total. The number of likely N-dealkylation sites (N-methyl/N-ethyl adjacent to an activating group) is 1. The van der Waals surface area contributed by atoms with E-state index in [1.54, 1.807) is 6.92 Å². The van der Waals surface area contributed by atoms with Crippen molar-refractivity contribution in [3.05, 3.63) is 28.2 Å². The minimum atomic E-state index is -1.08. The van der Waals surface area contributed by atoms with Crippen molar-refractivity contribution in [1.82, 2.24) is 20.4 Å². The first-order valence-corrected chi connectivity index (χ1v) is 6.17. The highest BCUT2D eigenvalue weighted by molar-refractivity contribution is 5.93. The van der Waals surface area contributed by atoms with Gasteiger partial charge in [0.15, 0.2) is 5.60 Å². The van der Waals surface area contributed by atoms with Crippen molar-refractivity contribution in [2.75, 3.05) is 26.7 Å². The lowest BCUT2D eigenvalue weighted by atomic mass is 10.0. The molecule has 1 unspecified atom stereocenters. The number of carbonyl (C=O) groups excluding carboxylic acids is 2. The van der Waals surface area contributed by atoms with Crippen molar-refractivity contribution in [2.24, 2.45) is 0 Å². The number of aromatic amines is 1. The van der Waals surface area contributed by atoms with Gasteiger partial charge in [-0.1, -0.05) is 0 Å². The van der Waals surface area contributed by atoms with Crippen LogP contribution in [0.15, 0.2) is 16.9 Å². The van der Waals surface area contributed by atoms with E-state index in [-0.39, 0.29) is 36.2 Å². The van der Waals surface area contributed by atoms with E-state index in [1.807, 2.05) is 0 Å². The second-order valence-corrected chi connectivity index (χ2v) is 4.69. The normalized spacial score (nSPS) is 22.4. The van der Waals surface area contributed by atoms with Crippen molar-refractivity contribution in [2.45, 2.75) is 12.5 Å². The zero-order chi connectivity index (χ0) is 14.8. The lowest BCUT2D eigenvalue weighted by Gasteiger charge is -2.38. The Morgan fingerprint density at radius 2 is 2.25 bits per heavy atom. The van der Waals surface area contributed by atoms with Crippen LogP contribution in [0.25, 0.3) is 0 Å². The third-order valence-corrected chi connectivity index (χ3v) is 3.17. The topological polar surface area (TPSA) is 104 Å². The number of morpholine rings is 1. The highest BCUT2D eigenvalue weighted by Gasteiger charge is 2.40. The summed E-state index contributed by atoms with van der Waals surface area (Å²) < 4.78 is 5.47. The molecule has 0 radical (unpaired) electrons. The van der Waals surface area contributed by atoms with Gasteiger partial charge in [-0.2, -0.15) is 5.10 Å². The van der Waals surface area contributed by atoms with Crippen LogP contribution in [-0.4, -0.2) is 59.3 Å². The van der Waals surface area contributed by atoms with Crippen LogP contribution in [0.5, 0.6) is 0 Å². The van der Waals surface area contributed by atoms with Crippen molar-refractivity contribution in [3.8, 4) is 0 Å². The molecule has 0 bridgehead atoms. The van der Waals surface area contributed by atoms with Gasteiger partial charge in [0.2, 0.25) is 0 Å². The summed E-state index contributed by atoms with van der Waals surface area (Å²) in [6.45, 7) is 2.39. The number of ether oxygens (including phenoxy) is 1. The van der Waals surface area contributed by atoms with Gasteiger partial charge in [-0.25, -0.2) is 5.10 Å². The van der Waals surface area contributed by atoms with Crippen LogP contribution < -0.4 is 10.9 Å². The Labute approximate surface area is 115 Å². The Kier molecular flexibility index (Phi) is 3.84. The van der Waals surface area contributed by atoms with E-state index in [0.717, 1.165) is 0 Å². The summed E-state index contributed by atoms with van der Waals surface area (Å²) in [7, 11) is 1.52. The second-order valence-electron chi connectivity index (χ2n) is 4.69. The molecule has 1 aromatic rings. The van der Waals surface area contributed by atoms with Crippen LogP contribution in [0.4, 0.5) is 0 Å². The fourth-order valence-electron chi connectivity index (χ4n) is 2.07. The lowest BCUT2D eigenvalue weighted by Crippen LogP contribution is -2.59. The van der Waals surface area contributed by atoms with Crippen LogP contribution in [0, 0.1) is 0 Å². The molecule has 0 spiro atoms. The molecule has 8 nitrogen and oxygen atoms in total. The molecule has 1 saturated heterocycles. The number of hydrogen-bond donors (Lipinski definition) is 2. The number of nitrogens with one attached hydrogen (secondary N) is 2. The number of amides is 2. The summed E-state index contributed by atoms with van der Waals surface area (Å²) in [5.41, 5.74) is -1.32. The monoisotopic (exact) mass is 280 g/mol. The quantitative estimate of drug-likeness (QED) is 0.704. The molecule has 1 fully saturated rings. The molecule has 1 aromatic heterocycles. The molecule has 108 valence electrons. The van der Waals surface area contributed by atoms with Gasteiger partial charge < -0.3 is 15.0 Å². The number of nitrogens with zero attached hydrogens (tertiary/aromatic N) is 2. The van der Waals surface area contributed by atoms with E-state index >= 15 is 0 Å². The number of rotatable bonds is 2. The molecule has 2 rings (SSSR count). The largest absolute Gasteiger partial charge is 0.362 e. The Bertz CT molecular complexity index is 565. The maximum Gasteiger partial charge on any atom is 0.274 e. The van der Waals surface area contributed by atoms with Gasteiger partial charge in [0, 0.05) is 19.7 Å². The van der Waals surface area contributed by atoms with Gasteiger partial charge in [0.1, 0.15) is 5.69 Å². The summed E-state index contributed by atoms with van der Waals surface area (Å²) in [5, 5.41) is 8.42. The molecule has 20 heavy (non-hydrogen) atoms. The smallest absolute Gasteiger partial charge is 0.274 e. The van der Waals surface area contributed by atoms with Gasteiger partial charge in [-0.05, 0) is 13.0 Å². The number of aromatic nitrogens is 2. The molecule has 8 heteroatoms. The fraction of sp³-hybridized carbons (Fsp3) is 0.500. The maximum atomic E-state index is 12.3. The van der Waals surface area contributed by atoms with E-state index in [0.29, 0.717) is 6.54 Å². The number of H-pyrrole nitrogens is 1. The molecular weight excluding hydrogens is 264 g/mol. The summed E-state index contributed by atoms with van der Waals surface area (Å²) in [6.07, 6.45) is 0. The summed E-state index contributed by atoms with van der Waals surface area (Å²) in [5.74, 6) is -0.635. The molecule has 2 heterocycles. The Morgan fingerprint density at radius 3 is 2.85 bits per heavy atom. The molecular formula is C12H16N4O4. The Hall–Kier alpha value is -2.22. The predicted octanol–water partition coefficient (Wildman–Crippen LogP) is -1.25. The highest BCUT2D eigenvalue weighted by Crippen LogP contribution is 2.19. The van der Waals surface area contributed by atoms with Gasteiger partial charge in [-0.3, -0.25) is 14.4 Å². The molecule has 0 aliphatic carbocycles. The van der Waals surface area contributed by atoms with Gasteiger partial charge >= 0.3 is 0 Å². The average Bonchev–Trinajstić information content (AvgIpc) is 2.46. The third kappa shape index (κ3) is 2.69. The highest BCUT2D eigenvalue weighted by atomic mass is 16.5. The van der Waals surface area contributed by atoms with E-state index in [1.165, 1.54) is 24.1 Å². The van der Waals surface area contributed by atoms with E-state index in [9.17, 15) is 14.4 Å². The van der Waals surface area contributed by atoms with E-state index in [4.69, 9.17) is 4.74 Å². The van der Waals surface area contributed by atoms with Crippen LogP contribution in [0.3, 0.4) is 0 Å². The predicted molar refractivity (Wildman–Crippen MR) is 69.2 cm³/mol. The van der Waals surface area contributed by atoms with E-state index < -0.39 is 5.60 Å². The molecule has 0 aromatic carbocycles. The van der Waals surface area contributed by atoms with Crippen LogP contribution in [0.1, 0.15) is 17.4 Å². The van der Waals surface area contributed by atoms with Crippen molar-refractivity contribution >= 4 is 11.8 Å². The van der Waals surface area contributed by atoms with E-state index in [2.05, 4.69) is 15.5 Å². The van der Waals surface area contributed by atoms with Crippen LogP contribution in [0.2, 0.25) is 0 Å². The molecule has 2 amide bonds. The standard InChI is InChI=1S/C12H16N4O4/c1-12(11(19)13-2)7-16(5-6-20-12)10(18)8-3-4-9(17)15-14-8/h3-4H,5-7H2,1-2H3,(H,13,19)(H,15,17). The fourth-order valence-corrected chi connectivity index (χ4v) is 2.07. The van der Waals surface area contributed by atoms with Crippen LogP contribution >= 0.6 is 0 Å².